The highest BCUT2D eigenvalue weighted by atomic mass is 35.5. The normalized spacial score (nSPS) is 11.4. The van der Waals surface area contributed by atoms with E-state index in [1.54, 1.807) is 0 Å². The maximum absolute atomic E-state index is 11.9. The van der Waals surface area contributed by atoms with Crippen LogP contribution in [0.4, 0.5) is 0 Å². The van der Waals surface area contributed by atoms with Gasteiger partial charge >= 0.3 is 0 Å². The van der Waals surface area contributed by atoms with Crippen molar-refractivity contribution in [1.29, 1.82) is 0 Å². The minimum Gasteiger partial charge on any atom is -0.356 e. The van der Waals surface area contributed by atoms with Gasteiger partial charge in [0, 0.05) is 38.5 Å². The van der Waals surface area contributed by atoms with Crippen molar-refractivity contribution in [1.82, 2.24) is 10.2 Å². The average molecular weight is 308 g/mol. The van der Waals surface area contributed by atoms with Gasteiger partial charge in [0.15, 0.2) is 0 Å². The molecule has 0 aliphatic heterocycles. The number of halogens is 1. The first-order valence-corrected chi connectivity index (χ1v) is 7.31. The molecule has 0 heterocycles. The molecule has 20 heavy (non-hydrogen) atoms. The van der Waals surface area contributed by atoms with Gasteiger partial charge in [0.05, 0.1) is 0 Å². The van der Waals surface area contributed by atoms with Crippen LogP contribution in [0.3, 0.4) is 0 Å². The van der Waals surface area contributed by atoms with Crippen molar-refractivity contribution >= 4 is 24.2 Å². The van der Waals surface area contributed by atoms with Gasteiger partial charge in [-0.05, 0) is 26.2 Å². The molecular weight excluding hydrogens is 278 g/mol. The molecule has 0 fully saturated rings. The quantitative estimate of drug-likeness (QED) is 0.645. The summed E-state index contributed by atoms with van der Waals surface area (Å²) in [4.78, 5) is 25.3. The molecule has 3 N–H and O–H groups in total. The summed E-state index contributed by atoms with van der Waals surface area (Å²) in [6, 6.07) is 0.0894. The number of amides is 2. The summed E-state index contributed by atoms with van der Waals surface area (Å²) in [5, 5.41) is 2.78. The second kappa shape index (κ2) is 13.2. The van der Waals surface area contributed by atoms with Crippen molar-refractivity contribution in [3.63, 3.8) is 0 Å². The van der Waals surface area contributed by atoms with E-state index in [2.05, 4.69) is 19.2 Å². The third kappa shape index (κ3) is 11.1. The molecule has 0 aromatic heterocycles. The summed E-state index contributed by atoms with van der Waals surface area (Å²) in [6.45, 7) is 8.15. The van der Waals surface area contributed by atoms with Crippen LogP contribution in [0.2, 0.25) is 0 Å². The van der Waals surface area contributed by atoms with Crippen molar-refractivity contribution in [3.8, 4) is 0 Å². The Morgan fingerprint density at radius 2 is 1.70 bits per heavy atom. The van der Waals surface area contributed by atoms with Gasteiger partial charge in [-0.3, -0.25) is 9.59 Å². The highest BCUT2D eigenvalue weighted by Crippen LogP contribution is 2.01. The Morgan fingerprint density at radius 1 is 1.15 bits per heavy atom. The van der Waals surface area contributed by atoms with Crippen molar-refractivity contribution in [2.75, 3.05) is 19.6 Å². The lowest BCUT2D eigenvalue weighted by Gasteiger charge is -2.21. The Morgan fingerprint density at radius 3 is 2.15 bits per heavy atom. The van der Waals surface area contributed by atoms with Crippen LogP contribution in [0.15, 0.2) is 0 Å². The average Bonchev–Trinajstić information content (AvgIpc) is 2.35. The van der Waals surface area contributed by atoms with Gasteiger partial charge in [-0.1, -0.05) is 13.8 Å². The van der Waals surface area contributed by atoms with Crippen molar-refractivity contribution < 1.29 is 9.59 Å². The van der Waals surface area contributed by atoms with Crippen LogP contribution < -0.4 is 11.1 Å². The van der Waals surface area contributed by atoms with E-state index in [0.29, 0.717) is 13.0 Å². The molecule has 0 aliphatic carbocycles. The summed E-state index contributed by atoms with van der Waals surface area (Å²) in [7, 11) is 0. The Hall–Kier alpha value is -0.810. The molecule has 0 bridgehead atoms. The zero-order valence-corrected chi connectivity index (χ0v) is 13.8. The van der Waals surface area contributed by atoms with E-state index >= 15 is 0 Å². The third-order valence-electron chi connectivity index (χ3n) is 2.83. The molecule has 1 unspecified atom stereocenters. The standard InChI is InChI=1S/C14H29N3O2.ClH/c1-4-10-17(11-5-2)14(19)7-6-13(18)16-9-8-12(3)15;/h12H,4-11,15H2,1-3H3,(H,16,18);1H. The van der Waals surface area contributed by atoms with Crippen molar-refractivity contribution in [2.24, 2.45) is 5.73 Å². The highest BCUT2D eigenvalue weighted by Gasteiger charge is 2.13. The SMILES string of the molecule is CCCN(CCC)C(=O)CCC(=O)NCCC(C)N.Cl. The molecule has 5 nitrogen and oxygen atoms in total. The van der Waals surface area contributed by atoms with Gasteiger partial charge in [-0.25, -0.2) is 0 Å². The lowest BCUT2D eigenvalue weighted by molar-refractivity contribution is -0.133. The molecular formula is C14H30ClN3O2. The fraction of sp³-hybridized carbons (Fsp3) is 0.857. The number of carbonyl (C=O) groups excluding carboxylic acids is 2. The molecule has 6 heteroatoms. The van der Waals surface area contributed by atoms with Gasteiger partial charge < -0.3 is 16.0 Å². The Labute approximate surface area is 129 Å². The largest absolute Gasteiger partial charge is 0.356 e. The summed E-state index contributed by atoms with van der Waals surface area (Å²) in [6.07, 6.45) is 3.22. The fourth-order valence-corrected chi connectivity index (χ4v) is 1.81. The van der Waals surface area contributed by atoms with Gasteiger partial charge in [-0.15, -0.1) is 12.4 Å². The zero-order chi connectivity index (χ0) is 14.7. The number of nitrogens with two attached hydrogens (primary N) is 1. The molecule has 0 saturated carbocycles. The number of carbonyl (C=O) groups is 2. The number of hydrogen-bond donors (Lipinski definition) is 2. The maximum Gasteiger partial charge on any atom is 0.223 e. The maximum atomic E-state index is 11.9. The zero-order valence-electron chi connectivity index (χ0n) is 13.0. The predicted molar refractivity (Wildman–Crippen MR) is 84.9 cm³/mol. The third-order valence-corrected chi connectivity index (χ3v) is 2.83. The monoisotopic (exact) mass is 307 g/mol. The molecule has 0 aromatic carbocycles. The van der Waals surface area contributed by atoms with E-state index < -0.39 is 0 Å². The smallest absolute Gasteiger partial charge is 0.223 e. The van der Waals surface area contributed by atoms with Crippen LogP contribution in [-0.4, -0.2) is 42.4 Å². The molecule has 0 aromatic rings. The molecule has 0 radical (unpaired) electrons. The first-order chi connectivity index (χ1) is 9.01. The number of hydrogen-bond acceptors (Lipinski definition) is 3. The molecule has 0 saturated heterocycles. The van der Waals surface area contributed by atoms with E-state index in [1.807, 2.05) is 11.8 Å². The minimum atomic E-state index is -0.0676. The summed E-state index contributed by atoms with van der Waals surface area (Å²) >= 11 is 0. The summed E-state index contributed by atoms with van der Waals surface area (Å²) in [5.74, 6) is 0.00740. The first-order valence-electron chi connectivity index (χ1n) is 7.31. The summed E-state index contributed by atoms with van der Waals surface area (Å²) < 4.78 is 0. The van der Waals surface area contributed by atoms with Gasteiger partial charge in [0.1, 0.15) is 0 Å². The Balaban J connectivity index is 0. The summed E-state index contributed by atoms with van der Waals surface area (Å²) in [5.41, 5.74) is 5.60. The van der Waals surface area contributed by atoms with Gasteiger partial charge in [0.2, 0.25) is 11.8 Å². The Bertz CT molecular complexity index is 267. The Kier molecular flexibility index (Phi) is 14.2. The lowest BCUT2D eigenvalue weighted by atomic mass is 10.2. The lowest BCUT2D eigenvalue weighted by Crippen LogP contribution is -2.34. The first kappa shape index (κ1) is 21.5. The predicted octanol–water partition coefficient (Wildman–Crippen LogP) is 1.69. The van der Waals surface area contributed by atoms with Crippen molar-refractivity contribution in [2.45, 2.75) is 58.9 Å². The van der Waals surface area contributed by atoms with Crippen LogP contribution in [0.25, 0.3) is 0 Å². The minimum absolute atomic E-state index is 0. The molecule has 0 rings (SSSR count). The van der Waals surface area contributed by atoms with E-state index in [1.165, 1.54) is 0 Å². The number of rotatable bonds is 10. The van der Waals surface area contributed by atoms with Crippen molar-refractivity contribution in [3.05, 3.63) is 0 Å². The van der Waals surface area contributed by atoms with E-state index in [9.17, 15) is 9.59 Å². The fourth-order valence-electron chi connectivity index (χ4n) is 1.81. The van der Waals surface area contributed by atoms with E-state index in [0.717, 1.165) is 32.4 Å². The molecule has 1 atom stereocenters. The highest BCUT2D eigenvalue weighted by molar-refractivity contribution is 5.85. The van der Waals surface area contributed by atoms with E-state index in [-0.39, 0.29) is 36.7 Å². The second-order valence-corrected chi connectivity index (χ2v) is 5.00. The molecule has 2 amide bonds. The number of nitrogens with zero attached hydrogens (tertiary/aromatic N) is 1. The van der Waals surface area contributed by atoms with Crippen LogP contribution >= 0.6 is 12.4 Å². The van der Waals surface area contributed by atoms with Gasteiger partial charge in [-0.2, -0.15) is 0 Å². The molecule has 0 aliphatic rings. The van der Waals surface area contributed by atoms with Crippen LogP contribution in [-0.2, 0) is 9.59 Å². The number of nitrogens with one attached hydrogen (secondary N) is 1. The van der Waals surface area contributed by atoms with Crippen LogP contribution in [0.5, 0.6) is 0 Å². The van der Waals surface area contributed by atoms with Crippen LogP contribution in [0.1, 0.15) is 52.9 Å². The molecule has 0 spiro atoms. The van der Waals surface area contributed by atoms with E-state index in [4.69, 9.17) is 5.73 Å². The molecule has 120 valence electrons. The van der Waals surface area contributed by atoms with Crippen LogP contribution in [0, 0.1) is 0 Å². The van der Waals surface area contributed by atoms with Gasteiger partial charge in [0.25, 0.3) is 0 Å². The topological polar surface area (TPSA) is 75.4 Å². The second-order valence-electron chi connectivity index (χ2n) is 5.00.